The first kappa shape index (κ1) is 15.8. The van der Waals surface area contributed by atoms with Gasteiger partial charge in [0.25, 0.3) is 5.91 Å². The molecule has 22 heavy (non-hydrogen) atoms. The van der Waals surface area contributed by atoms with Crippen LogP contribution in [0.15, 0.2) is 39.5 Å². The van der Waals surface area contributed by atoms with Crippen molar-refractivity contribution in [1.82, 2.24) is 5.32 Å². The van der Waals surface area contributed by atoms with Gasteiger partial charge < -0.3 is 14.5 Å². The molecule has 1 heterocycles. The second kappa shape index (κ2) is 6.93. The minimum atomic E-state index is -0.440. The van der Waals surface area contributed by atoms with Crippen molar-refractivity contribution in [3.05, 3.63) is 63.2 Å². The Labute approximate surface area is 128 Å². The van der Waals surface area contributed by atoms with E-state index in [9.17, 15) is 9.59 Å². The van der Waals surface area contributed by atoms with Crippen LogP contribution in [0.3, 0.4) is 0 Å². The van der Waals surface area contributed by atoms with Crippen molar-refractivity contribution < 1.29 is 13.9 Å². The third kappa shape index (κ3) is 3.75. The van der Waals surface area contributed by atoms with Gasteiger partial charge in [-0.05, 0) is 43.5 Å². The number of ether oxygens (including phenoxy) is 1. The molecule has 0 saturated heterocycles. The Morgan fingerprint density at radius 1 is 1.23 bits per heavy atom. The van der Waals surface area contributed by atoms with Gasteiger partial charge in [-0.15, -0.1) is 0 Å². The highest BCUT2D eigenvalue weighted by Gasteiger charge is 2.14. The lowest BCUT2D eigenvalue weighted by Gasteiger charge is -2.09. The number of hydrogen-bond donors (Lipinski definition) is 1. The van der Waals surface area contributed by atoms with Crippen LogP contribution in [0.1, 0.15) is 27.2 Å². The molecule has 1 N–H and O–H groups in total. The van der Waals surface area contributed by atoms with Crippen LogP contribution in [-0.4, -0.2) is 19.6 Å². The Morgan fingerprint density at radius 2 is 1.91 bits per heavy atom. The van der Waals surface area contributed by atoms with E-state index in [-0.39, 0.29) is 5.91 Å². The average molecular weight is 301 g/mol. The van der Waals surface area contributed by atoms with Crippen LogP contribution < -0.4 is 15.7 Å². The zero-order chi connectivity index (χ0) is 16.1. The molecule has 0 bridgehead atoms. The van der Waals surface area contributed by atoms with Crippen LogP contribution in [0.5, 0.6) is 5.75 Å². The number of nitrogens with one attached hydrogen (secondary N) is 1. The van der Waals surface area contributed by atoms with Crippen LogP contribution in [0.25, 0.3) is 0 Å². The molecular formula is C17H19NO4. The maximum absolute atomic E-state index is 12.2. The molecule has 0 saturated carbocycles. The summed E-state index contributed by atoms with van der Waals surface area (Å²) in [4.78, 5) is 23.4. The summed E-state index contributed by atoms with van der Waals surface area (Å²) in [6.07, 6.45) is 0.713. The van der Waals surface area contributed by atoms with E-state index in [0.29, 0.717) is 29.9 Å². The van der Waals surface area contributed by atoms with E-state index in [1.165, 1.54) is 6.07 Å². The Morgan fingerprint density at radius 3 is 2.50 bits per heavy atom. The standard InChI is InChI=1S/C17H19NO4/c1-11-10-15(19)22-12(2)16(11)17(20)18-9-8-13-4-6-14(21-3)7-5-13/h4-7,10H,8-9H2,1-3H3,(H,18,20). The average Bonchev–Trinajstić information content (AvgIpc) is 2.47. The first-order chi connectivity index (χ1) is 10.5. The predicted molar refractivity (Wildman–Crippen MR) is 83.5 cm³/mol. The lowest BCUT2D eigenvalue weighted by molar-refractivity contribution is 0.0950. The van der Waals surface area contributed by atoms with Crippen molar-refractivity contribution in [2.24, 2.45) is 0 Å². The first-order valence-corrected chi connectivity index (χ1v) is 7.03. The van der Waals surface area contributed by atoms with Crippen molar-refractivity contribution in [3.8, 4) is 5.75 Å². The number of benzene rings is 1. The smallest absolute Gasteiger partial charge is 0.336 e. The van der Waals surface area contributed by atoms with E-state index in [1.807, 2.05) is 24.3 Å². The fraction of sp³-hybridized carbons (Fsp3) is 0.294. The van der Waals surface area contributed by atoms with Crippen molar-refractivity contribution in [2.45, 2.75) is 20.3 Å². The van der Waals surface area contributed by atoms with Gasteiger partial charge in [0.2, 0.25) is 0 Å². The van der Waals surface area contributed by atoms with Crippen LogP contribution >= 0.6 is 0 Å². The van der Waals surface area contributed by atoms with Gasteiger partial charge in [0.05, 0.1) is 12.7 Å². The molecule has 5 nitrogen and oxygen atoms in total. The molecular weight excluding hydrogens is 282 g/mol. The van der Waals surface area contributed by atoms with Gasteiger partial charge in [-0.2, -0.15) is 0 Å². The van der Waals surface area contributed by atoms with Gasteiger partial charge in [-0.3, -0.25) is 4.79 Å². The summed E-state index contributed by atoms with van der Waals surface area (Å²) in [6, 6.07) is 9.02. The van der Waals surface area contributed by atoms with Gasteiger partial charge in [0.1, 0.15) is 11.5 Å². The number of carbonyl (C=O) groups excluding carboxylic acids is 1. The molecule has 0 spiro atoms. The van der Waals surface area contributed by atoms with E-state index in [0.717, 1.165) is 11.3 Å². The van der Waals surface area contributed by atoms with Gasteiger partial charge in [0, 0.05) is 12.6 Å². The van der Waals surface area contributed by atoms with Crippen molar-refractivity contribution >= 4 is 5.91 Å². The Kier molecular flexibility index (Phi) is 4.99. The maximum atomic E-state index is 12.2. The van der Waals surface area contributed by atoms with Crippen LogP contribution in [0.4, 0.5) is 0 Å². The van der Waals surface area contributed by atoms with Gasteiger partial charge in [-0.1, -0.05) is 12.1 Å². The van der Waals surface area contributed by atoms with Crippen molar-refractivity contribution in [2.75, 3.05) is 13.7 Å². The molecule has 1 aromatic heterocycles. The third-order valence-corrected chi connectivity index (χ3v) is 3.42. The highest BCUT2D eigenvalue weighted by molar-refractivity contribution is 5.96. The summed E-state index contributed by atoms with van der Waals surface area (Å²) in [5.74, 6) is 0.914. The van der Waals surface area contributed by atoms with E-state index in [2.05, 4.69) is 5.32 Å². The number of carbonyl (C=O) groups is 1. The summed E-state index contributed by atoms with van der Waals surface area (Å²) < 4.78 is 10.1. The van der Waals surface area contributed by atoms with Crippen LogP contribution in [0, 0.1) is 13.8 Å². The second-order valence-corrected chi connectivity index (χ2v) is 5.03. The summed E-state index contributed by atoms with van der Waals surface area (Å²) >= 11 is 0. The molecule has 2 aromatic rings. The SMILES string of the molecule is COc1ccc(CCNC(=O)c2c(C)cc(=O)oc2C)cc1. The topological polar surface area (TPSA) is 68.5 Å². The molecule has 0 aliphatic heterocycles. The zero-order valence-electron chi connectivity index (χ0n) is 12.9. The van der Waals surface area contributed by atoms with E-state index in [4.69, 9.17) is 9.15 Å². The van der Waals surface area contributed by atoms with Gasteiger partial charge >= 0.3 is 5.63 Å². The fourth-order valence-corrected chi connectivity index (χ4v) is 2.30. The summed E-state index contributed by atoms with van der Waals surface area (Å²) in [6.45, 7) is 3.85. The molecule has 1 aromatic carbocycles. The Hall–Kier alpha value is -2.56. The van der Waals surface area contributed by atoms with E-state index in [1.54, 1.807) is 21.0 Å². The third-order valence-electron chi connectivity index (χ3n) is 3.42. The monoisotopic (exact) mass is 301 g/mol. The van der Waals surface area contributed by atoms with Crippen LogP contribution in [0.2, 0.25) is 0 Å². The molecule has 116 valence electrons. The Bertz CT molecular complexity index is 690. The minimum Gasteiger partial charge on any atom is -0.497 e. The molecule has 1 amide bonds. The summed E-state index contributed by atoms with van der Waals surface area (Å²) in [7, 11) is 1.62. The maximum Gasteiger partial charge on any atom is 0.336 e. The highest BCUT2D eigenvalue weighted by Crippen LogP contribution is 2.12. The summed E-state index contributed by atoms with van der Waals surface area (Å²) in [5, 5.41) is 2.84. The summed E-state index contributed by atoms with van der Waals surface area (Å²) in [5.41, 5.74) is 1.71. The number of methoxy groups -OCH3 is 1. The molecule has 0 fully saturated rings. The molecule has 5 heteroatoms. The normalized spacial score (nSPS) is 10.3. The highest BCUT2D eigenvalue weighted by atomic mass is 16.5. The number of amides is 1. The van der Waals surface area contributed by atoms with Gasteiger partial charge in [0.15, 0.2) is 0 Å². The zero-order valence-corrected chi connectivity index (χ0v) is 12.9. The fourth-order valence-electron chi connectivity index (χ4n) is 2.30. The largest absolute Gasteiger partial charge is 0.497 e. The van der Waals surface area contributed by atoms with E-state index >= 15 is 0 Å². The molecule has 2 rings (SSSR count). The minimum absolute atomic E-state index is 0.229. The molecule has 0 aliphatic carbocycles. The first-order valence-electron chi connectivity index (χ1n) is 7.03. The molecule has 0 unspecified atom stereocenters. The second-order valence-electron chi connectivity index (χ2n) is 5.03. The van der Waals surface area contributed by atoms with Gasteiger partial charge in [-0.25, -0.2) is 4.79 Å². The predicted octanol–water partition coefficient (Wildman–Crippen LogP) is 2.24. The lowest BCUT2D eigenvalue weighted by Crippen LogP contribution is -2.27. The Balaban J connectivity index is 1.97. The van der Waals surface area contributed by atoms with Crippen LogP contribution in [-0.2, 0) is 6.42 Å². The van der Waals surface area contributed by atoms with Crippen molar-refractivity contribution in [1.29, 1.82) is 0 Å². The quantitative estimate of drug-likeness (QED) is 0.919. The molecule has 0 atom stereocenters. The molecule has 0 aliphatic rings. The number of rotatable bonds is 5. The number of hydrogen-bond acceptors (Lipinski definition) is 4. The van der Waals surface area contributed by atoms with E-state index < -0.39 is 5.63 Å². The van der Waals surface area contributed by atoms with Crippen molar-refractivity contribution in [3.63, 3.8) is 0 Å². The number of aryl methyl sites for hydroxylation is 2. The lowest BCUT2D eigenvalue weighted by atomic mass is 10.1. The molecule has 0 radical (unpaired) electrons.